The third-order valence-corrected chi connectivity index (χ3v) is 7.40. The van der Waals surface area contributed by atoms with Crippen molar-refractivity contribution in [3.05, 3.63) is 23.9 Å². The molecule has 3 N–H and O–H groups in total. The summed E-state index contributed by atoms with van der Waals surface area (Å²) in [6.07, 6.45) is 2.91. The maximum atomic E-state index is 13.1. The highest BCUT2D eigenvalue weighted by Crippen LogP contribution is 2.36. The number of aromatic nitrogens is 2. The third-order valence-electron chi connectivity index (χ3n) is 5.79. The number of hydrogen-bond donors (Lipinski definition) is 2. The minimum Gasteiger partial charge on any atom is -0.365 e. The van der Waals surface area contributed by atoms with E-state index in [4.69, 9.17) is 5.73 Å². The molecule has 1 aliphatic carbocycles. The summed E-state index contributed by atoms with van der Waals surface area (Å²) in [5.41, 5.74) is 5.53. The number of sulfonamides is 1. The van der Waals surface area contributed by atoms with Gasteiger partial charge in [-0.15, -0.1) is 0 Å². The van der Waals surface area contributed by atoms with E-state index in [1.165, 1.54) is 21.7 Å². The Morgan fingerprint density at radius 1 is 1.16 bits per heavy atom. The zero-order valence-electron chi connectivity index (χ0n) is 17.8. The molecular weight excluding hydrogens is 422 g/mol. The molecule has 2 aromatic heterocycles. The molecule has 1 saturated carbocycles. The van der Waals surface area contributed by atoms with Crippen LogP contribution in [-0.4, -0.2) is 85.6 Å². The van der Waals surface area contributed by atoms with Gasteiger partial charge < -0.3 is 20.4 Å². The molecule has 1 saturated heterocycles. The number of primary amides is 1. The molecule has 12 heteroatoms. The number of fused-ring (bicyclic) bond motifs is 1. The molecule has 0 spiro atoms. The third kappa shape index (κ3) is 4.04. The van der Waals surface area contributed by atoms with Crippen molar-refractivity contribution in [3.8, 4) is 0 Å². The molecule has 11 nitrogen and oxygen atoms in total. The number of nitrogens with zero attached hydrogens (tertiary/aromatic N) is 5. The van der Waals surface area contributed by atoms with E-state index in [-0.39, 0.29) is 16.5 Å². The first-order valence-electron chi connectivity index (χ1n) is 10.1. The highest BCUT2D eigenvalue weighted by atomic mass is 32.2. The normalized spacial score (nSPS) is 18.3. The predicted octanol–water partition coefficient (Wildman–Crippen LogP) is 0.0676. The van der Waals surface area contributed by atoms with Gasteiger partial charge in [-0.1, -0.05) is 0 Å². The van der Waals surface area contributed by atoms with Gasteiger partial charge in [-0.05, 0) is 25.8 Å². The lowest BCUT2D eigenvalue weighted by Gasteiger charge is -2.37. The fourth-order valence-corrected chi connectivity index (χ4v) is 5.20. The van der Waals surface area contributed by atoms with Crippen LogP contribution < -0.4 is 15.4 Å². The number of pyridine rings is 1. The summed E-state index contributed by atoms with van der Waals surface area (Å²) < 4.78 is 30.4. The molecule has 2 aromatic rings. The van der Waals surface area contributed by atoms with E-state index in [1.54, 1.807) is 25.1 Å². The number of anilines is 1. The van der Waals surface area contributed by atoms with Crippen molar-refractivity contribution in [1.29, 1.82) is 0 Å². The Morgan fingerprint density at radius 2 is 1.81 bits per heavy atom. The second-order valence-corrected chi connectivity index (χ2v) is 10.3. The minimum atomic E-state index is -3.81. The lowest BCUT2D eigenvalue weighted by atomic mass is 10.2. The molecule has 0 bridgehead atoms. The Morgan fingerprint density at radius 3 is 2.35 bits per heavy atom. The molecule has 2 fully saturated rings. The Labute approximate surface area is 180 Å². The monoisotopic (exact) mass is 449 g/mol. The van der Waals surface area contributed by atoms with E-state index in [1.807, 2.05) is 11.8 Å². The summed E-state index contributed by atoms with van der Waals surface area (Å²) in [6.45, 7) is 3.81. The van der Waals surface area contributed by atoms with Crippen LogP contribution in [0, 0.1) is 0 Å². The molecule has 1 aliphatic heterocycles. The van der Waals surface area contributed by atoms with Crippen LogP contribution in [0.1, 0.15) is 30.1 Å². The Bertz CT molecular complexity index is 1150. The van der Waals surface area contributed by atoms with Crippen LogP contribution in [0.3, 0.4) is 0 Å². The average Bonchev–Trinajstić information content (AvgIpc) is 3.25. The number of urea groups is 1. The maximum absolute atomic E-state index is 13.1. The highest BCUT2D eigenvalue weighted by Gasteiger charge is 2.41. The summed E-state index contributed by atoms with van der Waals surface area (Å²) in [7, 11) is -0.398. The molecule has 4 rings (SSSR count). The molecule has 3 heterocycles. The zero-order valence-corrected chi connectivity index (χ0v) is 18.6. The van der Waals surface area contributed by atoms with Gasteiger partial charge in [0.25, 0.3) is 5.91 Å². The van der Waals surface area contributed by atoms with Gasteiger partial charge in [0.15, 0.2) is 0 Å². The van der Waals surface area contributed by atoms with E-state index < -0.39 is 21.5 Å². The van der Waals surface area contributed by atoms with Crippen molar-refractivity contribution in [2.75, 3.05) is 45.2 Å². The van der Waals surface area contributed by atoms with Gasteiger partial charge in [-0.25, -0.2) is 22.4 Å². The van der Waals surface area contributed by atoms with Gasteiger partial charge in [-0.3, -0.25) is 4.79 Å². The molecule has 168 valence electrons. The first-order valence-corrected chi connectivity index (χ1v) is 11.6. The Kier molecular flexibility index (Phi) is 5.09. The fraction of sp³-hybridized carbons (Fsp3) is 0.526. The van der Waals surface area contributed by atoms with Crippen LogP contribution in [0.15, 0.2) is 23.2 Å². The lowest BCUT2D eigenvalue weighted by Crippen LogP contribution is -2.52. The number of carbonyl (C=O) groups is 2. The number of rotatable bonds is 5. The zero-order chi connectivity index (χ0) is 22.6. The van der Waals surface area contributed by atoms with Gasteiger partial charge in [0.1, 0.15) is 5.82 Å². The maximum Gasteiger partial charge on any atom is 0.319 e. The number of carbonyl (C=O) groups excluding carboxylic acids is 2. The highest BCUT2D eigenvalue weighted by molar-refractivity contribution is 7.89. The Hall–Kier alpha value is -2.86. The van der Waals surface area contributed by atoms with Gasteiger partial charge in [0, 0.05) is 51.9 Å². The number of amides is 3. The molecule has 31 heavy (non-hydrogen) atoms. The SMILES string of the molecule is CN(C)C(=O)N1CCN(c2cc(S(=O)(=O)NC3(C)CC3)cc3c(C(N)=O)cnn23)CC1. The van der Waals surface area contributed by atoms with Crippen LogP contribution >= 0.6 is 0 Å². The summed E-state index contributed by atoms with van der Waals surface area (Å²) in [4.78, 5) is 29.4. The van der Waals surface area contributed by atoms with Crippen LogP contribution in [0.2, 0.25) is 0 Å². The molecule has 3 amide bonds. The van der Waals surface area contributed by atoms with E-state index in [2.05, 4.69) is 9.82 Å². The van der Waals surface area contributed by atoms with Crippen LogP contribution in [0.5, 0.6) is 0 Å². The van der Waals surface area contributed by atoms with Crippen LogP contribution in [-0.2, 0) is 10.0 Å². The van der Waals surface area contributed by atoms with Crippen molar-refractivity contribution in [1.82, 2.24) is 24.1 Å². The quantitative estimate of drug-likeness (QED) is 0.664. The molecular formula is C19H27N7O4S. The average molecular weight is 450 g/mol. The molecule has 2 aliphatic rings. The fourth-order valence-electron chi connectivity index (χ4n) is 3.70. The second-order valence-electron chi connectivity index (χ2n) is 8.59. The number of nitrogens with one attached hydrogen (secondary N) is 1. The predicted molar refractivity (Wildman–Crippen MR) is 115 cm³/mol. The van der Waals surface area contributed by atoms with Crippen LogP contribution in [0.25, 0.3) is 5.52 Å². The lowest BCUT2D eigenvalue weighted by molar-refractivity contribution is 0.100. The van der Waals surface area contributed by atoms with E-state index in [0.29, 0.717) is 37.5 Å². The van der Waals surface area contributed by atoms with E-state index in [9.17, 15) is 18.0 Å². The van der Waals surface area contributed by atoms with Gasteiger partial charge in [-0.2, -0.15) is 5.10 Å². The smallest absolute Gasteiger partial charge is 0.319 e. The molecule has 0 aromatic carbocycles. The van der Waals surface area contributed by atoms with Gasteiger partial charge >= 0.3 is 6.03 Å². The van der Waals surface area contributed by atoms with E-state index >= 15 is 0 Å². The summed E-state index contributed by atoms with van der Waals surface area (Å²) in [5.74, 6) is -0.151. The van der Waals surface area contributed by atoms with E-state index in [0.717, 1.165) is 12.8 Å². The van der Waals surface area contributed by atoms with Crippen molar-refractivity contribution < 1.29 is 18.0 Å². The molecule has 0 atom stereocenters. The van der Waals surface area contributed by atoms with Crippen LogP contribution in [0.4, 0.5) is 10.6 Å². The summed E-state index contributed by atoms with van der Waals surface area (Å²) >= 11 is 0. The number of hydrogen-bond acceptors (Lipinski definition) is 6. The topological polar surface area (TPSA) is 133 Å². The largest absolute Gasteiger partial charge is 0.365 e. The van der Waals surface area contributed by atoms with Gasteiger partial charge in [0.2, 0.25) is 10.0 Å². The first kappa shape index (κ1) is 21.4. The van der Waals surface area contributed by atoms with Gasteiger partial charge in [0.05, 0.1) is 22.2 Å². The molecule has 0 unspecified atom stereocenters. The standard InChI is InChI=1S/C19H27N7O4S/c1-19(4-5-19)22-31(29,30)13-10-15-14(17(20)27)12-21-26(15)16(11-13)24-6-8-25(9-7-24)18(28)23(2)3/h10-12,22H,4-9H2,1-3H3,(H2,20,27). The summed E-state index contributed by atoms with van der Waals surface area (Å²) in [6, 6.07) is 2.91. The van der Waals surface area contributed by atoms with Crippen molar-refractivity contribution in [2.45, 2.75) is 30.2 Å². The number of nitrogens with two attached hydrogens (primary N) is 1. The number of piperazine rings is 1. The second kappa shape index (κ2) is 7.38. The first-order chi connectivity index (χ1) is 14.5. The molecule has 0 radical (unpaired) electrons. The van der Waals surface area contributed by atoms with Crippen molar-refractivity contribution >= 4 is 33.3 Å². The van der Waals surface area contributed by atoms with Crippen molar-refractivity contribution in [2.24, 2.45) is 5.73 Å². The van der Waals surface area contributed by atoms with Crippen molar-refractivity contribution in [3.63, 3.8) is 0 Å². The minimum absolute atomic E-state index is 0.0536. The summed E-state index contributed by atoms with van der Waals surface area (Å²) in [5, 5.41) is 4.28. The Balaban J connectivity index is 1.73.